The average molecular weight is 283 g/mol. The lowest BCUT2D eigenvalue weighted by Gasteiger charge is -2.03. The highest BCUT2D eigenvalue weighted by Crippen LogP contribution is 2.04. The quantitative estimate of drug-likeness (QED) is 0.346. The minimum Gasteiger partial charge on any atom is -0.481 e. The molecule has 0 aromatic rings. The second-order valence-electron chi connectivity index (χ2n) is 4.34. The van der Waals surface area contributed by atoms with E-state index in [4.69, 9.17) is 9.84 Å². The van der Waals surface area contributed by atoms with Gasteiger partial charge in [-0.3, -0.25) is 9.59 Å². The van der Waals surface area contributed by atoms with Crippen molar-refractivity contribution in [1.82, 2.24) is 5.32 Å². The normalized spacial score (nSPS) is 11.6. The van der Waals surface area contributed by atoms with Crippen molar-refractivity contribution < 1.29 is 19.4 Å². The standard InChI is InChI=1S/C15H25NO4/c1-3-13(12-15(19)20-4-2)9-11-16-10-7-5-6-8-14(17)18/h3,9,11,16H,4-8,10,12H2,1-2H3,(H,17,18)/b11-9-,13-3+. The monoisotopic (exact) mass is 283 g/mol. The van der Waals surface area contributed by atoms with Gasteiger partial charge in [-0.05, 0) is 44.5 Å². The molecule has 0 atom stereocenters. The Morgan fingerprint density at radius 1 is 1.25 bits per heavy atom. The van der Waals surface area contributed by atoms with Crippen molar-refractivity contribution in [3.63, 3.8) is 0 Å². The lowest BCUT2D eigenvalue weighted by atomic mass is 10.2. The number of allylic oxidation sites excluding steroid dienone is 2. The minimum absolute atomic E-state index is 0.223. The highest BCUT2D eigenvalue weighted by atomic mass is 16.5. The number of hydrogen-bond acceptors (Lipinski definition) is 4. The Balaban J connectivity index is 3.71. The molecule has 114 valence electrons. The summed E-state index contributed by atoms with van der Waals surface area (Å²) in [5, 5.41) is 11.6. The Labute approximate surface area is 120 Å². The number of rotatable bonds is 11. The molecule has 0 aromatic carbocycles. The highest BCUT2D eigenvalue weighted by molar-refractivity contribution is 5.73. The molecule has 20 heavy (non-hydrogen) atoms. The zero-order valence-electron chi connectivity index (χ0n) is 12.4. The molecule has 0 saturated heterocycles. The maximum atomic E-state index is 11.3. The van der Waals surface area contributed by atoms with Crippen LogP contribution in [0.25, 0.3) is 0 Å². The number of carbonyl (C=O) groups is 2. The lowest BCUT2D eigenvalue weighted by molar-refractivity contribution is -0.142. The number of carboxylic acid groups (broad SMARTS) is 1. The molecule has 0 aromatic heterocycles. The molecular weight excluding hydrogens is 258 g/mol. The smallest absolute Gasteiger partial charge is 0.310 e. The van der Waals surface area contributed by atoms with Crippen LogP contribution in [0, 0.1) is 0 Å². The molecule has 0 heterocycles. The molecule has 0 aliphatic carbocycles. The van der Waals surface area contributed by atoms with Crippen LogP contribution in [0.5, 0.6) is 0 Å². The van der Waals surface area contributed by atoms with Gasteiger partial charge in [0.25, 0.3) is 0 Å². The molecular formula is C15H25NO4. The first-order valence-corrected chi connectivity index (χ1v) is 7.02. The van der Waals surface area contributed by atoms with Gasteiger partial charge in [0.2, 0.25) is 0 Å². The van der Waals surface area contributed by atoms with Gasteiger partial charge in [0, 0.05) is 13.0 Å². The van der Waals surface area contributed by atoms with E-state index in [0.29, 0.717) is 13.0 Å². The summed E-state index contributed by atoms with van der Waals surface area (Å²) in [6.45, 7) is 4.86. The van der Waals surface area contributed by atoms with Gasteiger partial charge in [-0.25, -0.2) is 0 Å². The maximum absolute atomic E-state index is 11.3. The first-order chi connectivity index (χ1) is 9.60. The van der Waals surface area contributed by atoms with Gasteiger partial charge in [0.1, 0.15) is 0 Å². The first kappa shape index (κ1) is 18.2. The molecule has 0 aliphatic heterocycles. The van der Waals surface area contributed by atoms with E-state index in [0.717, 1.165) is 25.0 Å². The predicted octanol–water partition coefficient (Wildman–Crippen LogP) is 2.63. The molecule has 0 aliphatic rings. The van der Waals surface area contributed by atoms with Crippen LogP contribution in [0.4, 0.5) is 0 Å². The highest BCUT2D eigenvalue weighted by Gasteiger charge is 2.02. The van der Waals surface area contributed by atoms with Gasteiger partial charge in [-0.15, -0.1) is 0 Å². The van der Waals surface area contributed by atoms with E-state index < -0.39 is 5.97 Å². The third-order valence-electron chi connectivity index (χ3n) is 2.65. The Morgan fingerprint density at radius 2 is 2.00 bits per heavy atom. The number of nitrogens with one attached hydrogen (secondary N) is 1. The van der Waals surface area contributed by atoms with Gasteiger partial charge in [-0.2, -0.15) is 0 Å². The molecule has 0 rings (SSSR count). The molecule has 0 fully saturated rings. The fourth-order valence-electron chi connectivity index (χ4n) is 1.57. The molecule has 5 nitrogen and oxygen atoms in total. The Kier molecular flexibility index (Phi) is 11.2. The van der Waals surface area contributed by atoms with Gasteiger partial charge < -0.3 is 15.2 Å². The van der Waals surface area contributed by atoms with E-state index in [1.165, 1.54) is 0 Å². The van der Waals surface area contributed by atoms with Crippen LogP contribution in [0.15, 0.2) is 23.9 Å². The molecule has 0 radical (unpaired) electrons. The predicted molar refractivity (Wildman–Crippen MR) is 78.3 cm³/mol. The average Bonchev–Trinajstić information content (AvgIpc) is 2.40. The Morgan fingerprint density at radius 3 is 2.60 bits per heavy atom. The van der Waals surface area contributed by atoms with E-state index >= 15 is 0 Å². The van der Waals surface area contributed by atoms with E-state index in [1.54, 1.807) is 6.92 Å². The van der Waals surface area contributed by atoms with Crippen LogP contribution >= 0.6 is 0 Å². The number of aliphatic carboxylic acids is 1. The molecule has 0 bridgehead atoms. The fraction of sp³-hybridized carbons (Fsp3) is 0.600. The SMILES string of the molecule is C/C=C(\C=C/NCCCCCC(=O)O)CC(=O)OCC. The van der Waals surface area contributed by atoms with E-state index in [1.807, 2.05) is 25.3 Å². The van der Waals surface area contributed by atoms with Crippen LogP contribution in [0.1, 0.15) is 46.0 Å². The van der Waals surface area contributed by atoms with E-state index in [9.17, 15) is 9.59 Å². The topological polar surface area (TPSA) is 75.6 Å². The summed E-state index contributed by atoms with van der Waals surface area (Å²) in [5.74, 6) is -0.964. The van der Waals surface area contributed by atoms with Gasteiger partial charge in [0.05, 0.1) is 13.0 Å². The largest absolute Gasteiger partial charge is 0.481 e. The van der Waals surface area contributed by atoms with Crippen molar-refractivity contribution in [2.75, 3.05) is 13.2 Å². The third-order valence-corrected chi connectivity index (χ3v) is 2.65. The van der Waals surface area contributed by atoms with Crippen molar-refractivity contribution in [2.45, 2.75) is 46.0 Å². The number of unbranched alkanes of at least 4 members (excludes halogenated alkanes) is 2. The second-order valence-corrected chi connectivity index (χ2v) is 4.34. The summed E-state index contributed by atoms with van der Waals surface area (Å²) in [6, 6.07) is 0. The number of ether oxygens (including phenoxy) is 1. The van der Waals surface area contributed by atoms with Crippen molar-refractivity contribution in [2.24, 2.45) is 0 Å². The van der Waals surface area contributed by atoms with Crippen molar-refractivity contribution in [1.29, 1.82) is 0 Å². The summed E-state index contributed by atoms with van der Waals surface area (Å²) in [5.41, 5.74) is 0.904. The zero-order chi connectivity index (χ0) is 15.2. The van der Waals surface area contributed by atoms with E-state index in [-0.39, 0.29) is 18.8 Å². The van der Waals surface area contributed by atoms with Crippen molar-refractivity contribution >= 4 is 11.9 Å². The van der Waals surface area contributed by atoms with E-state index in [2.05, 4.69) is 5.32 Å². The van der Waals surface area contributed by atoms with Gasteiger partial charge in [-0.1, -0.05) is 12.5 Å². The van der Waals surface area contributed by atoms with Crippen LogP contribution in [0.2, 0.25) is 0 Å². The maximum Gasteiger partial charge on any atom is 0.310 e. The second kappa shape index (κ2) is 12.3. The van der Waals surface area contributed by atoms with Crippen molar-refractivity contribution in [3.8, 4) is 0 Å². The zero-order valence-corrected chi connectivity index (χ0v) is 12.4. The summed E-state index contributed by atoms with van der Waals surface area (Å²) >= 11 is 0. The molecule has 2 N–H and O–H groups in total. The summed E-state index contributed by atoms with van der Waals surface area (Å²) < 4.78 is 4.88. The van der Waals surface area contributed by atoms with Crippen molar-refractivity contribution in [3.05, 3.63) is 23.9 Å². The fourth-order valence-corrected chi connectivity index (χ4v) is 1.57. The molecule has 0 unspecified atom stereocenters. The number of carboxylic acids is 1. The summed E-state index contributed by atoms with van der Waals surface area (Å²) in [4.78, 5) is 21.6. The molecule has 5 heteroatoms. The van der Waals surface area contributed by atoms with Crippen LogP contribution < -0.4 is 5.32 Å². The van der Waals surface area contributed by atoms with Crippen LogP contribution in [-0.2, 0) is 14.3 Å². The minimum atomic E-state index is -0.741. The number of esters is 1. The Bertz CT molecular complexity index is 348. The molecule has 0 amide bonds. The van der Waals surface area contributed by atoms with Gasteiger partial charge >= 0.3 is 11.9 Å². The van der Waals surface area contributed by atoms with Crippen LogP contribution in [-0.4, -0.2) is 30.2 Å². The summed E-state index contributed by atoms with van der Waals surface area (Å²) in [6.07, 6.45) is 8.60. The lowest BCUT2D eigenvalue weighted by Crippen LogP contribution is -2.08. The first-order valence-electron chi connectivity index (χ1n) is 7.02. The third kappa shape index (κ3) is 11.3. The number of hydrogen-bond donors (Lipinski definition) is 2. The van der Waals surface area contributed by atoms with Gasteiger partial charge in [0.15, 0.2) is 0 Å². The molecule has 0 spiro atoms. The van der Waals surface area contributed by atoms with Crippen LogP contribution in [0.3, 0.4) is 0 Å². The Hall–Kier alpha value is -1.78. The molecule has 0 saturated carbocycles. The number of carbonyl (C=O) groups excluding carboxylic acids is 1. The summed E-state index contributed by atoms with van der Waals surface area (Å²) in [7, 11) is 0.